The highest BCUT2D eigenvalue weighted by Crippen LogP contribution is 2.33. The highest BCUT2D eigenvalue weighted by Gasteiger charge is 2.25. The van der Waals surface area contributed by atoms with Crippen LogP contribution in [0.15, 0.2) is 52.1 Å². The Bertz CT molecular complexity index is 1150. The molecule has 0 aliphatic carbocycles. The van der Waals surface area contributed by atoms with Gasteiger partial charge in [0, 0.05) is 7.05 Å². The molecule has 3 rings (SSSR count). The first kappa shape index (κ1) is 20.9. The van der Waals surface area contributed by atoms with Crippen LogP contribution >= 0.6 is 0 Å². The summed E-state index contributed by atoms with van der Waals surface area (Å²) in [6, 6.07) is 11.7. The van der Waals surface area contributed by atoms with Crippen molar-refractivity contribution < 1.29 is 14.6 Å². The van der Waals surface area contributed by atoms with Crippen molar-refractivity contribution in [1.82, 2.24) is 5.32 Å². The summed E-state index contributed by atoms with van der Waals surface area (Å²) in [6.45, 7) is 1.95. The molecule has 3 aromatic carbocycles. The Morgan fingerprint density at radius 2 is 1.80 bits per heavy atom. The SMILES string of the molecule is CCC(Nc1c(Nc2cccc(C(=O)NC)c2O)c(=O)c1=O)c1cccc(OC)c1. The lowest BCUT2D eigenvalue weighted by molar-refractivity contribution is 0.0960. The Balaban J connectivity index is 1.90. The van der Waals surface area contributed by atoms with Crippen molar-refractivity contribution in [3.05, 3.63) is 74.0 Å². The molecule has 0 radical (unpaired) electrons. The Hall–Kier alpha value is -3.81. The van der Waals surface area contributed by atoms with E-state index in [1.807, 2.05) is 31.2 Å². The molecule has 1 amide bonds. The van der Waals surface area contributed by atoms with Gasteiger partial charge in [-0.05, 0) is 36.2 Å². The molecule has 0 bridgehead atoms. The highest BCUT2D eigenvalue weighted by atomic mass is 16.5. The van der Waals surface area contributed by atoms with Crippen LogP contribution in [0, 0.1) is 0 Å². The molecule has 1 unspecified atom stereocenters. The van der Waals surface area contributed by atoms with Crippen molar-refractivity contribution in [2.75, 3.05) is 24.8 Å². The number of carbonyl (C=O) groups is 1. The number of hydrogen-bond acceptors (Lipinski definition) is 7. The number of nitrogens with one attached hydrogen (secondary N) is 3. The molecular weight excluding hydrogens is 386 g/mol. The third kappa shape index (κ3) is 3.84. The van der Waals surface area contributed by atoms with Crippen LogP contribution in [0.5, 0.6) is 11.5 Å². The predicted octanol–water partition coefficient (Wildman–Crippen LogP) is 2.66. The van der Waals surface area contributed by atoms with Gasteiger partial charge in [-0.1, -0.05) is 25.1 Å². The Kier molecular flexibility index (Phi) is 6.06. The standard InChI is InChI=1S/C22H23N3O5/c1-4-15(12-7-5-8-13(11-12)30-3)24-17-18(21(28)20(17)27)25-16-10-6-9-14(19(16)26)22(29)23-2/h5-11,15,24-26H,4H2,1-3H3,(H,23,29). The second kappa shape index (κ2) is 8.69. The van der Waals surface area contributed by atoms with Crippen molar-refractivity contribution in [1.29, 1.82) is 0 Å². The number of phenolic OH excluding ortho intramolecular Hbond substituents is 1. The van der Waals surface area contributed by atoms with Crippen LogP contribution in [0.1, 0.15) is 35.3 Å². The van der Waals surface area contributed by atoms with Gasteiger partial charge in [0.1, 0.15) is 17.1 Å². The minimum absolute atomic E-state index is 0.0469. The smallest absolute Gasteiger partial charge is 0.254 e. The highest BCUT2D eigenvalue weighted by molar-refractivity contribution is 5.99. The van der Waals surface area contributed by atoms with Gasteiger partial charge in [0.2, 0.25) is 0 Å². The van der Waals surface area contributed by atoms with E-state index in [4.69, 9.17) is 4.74 Å². The summed E-state index contributed by atoms with van der Waals surface area (Å²) in [4.78, 5) is 36.3. The molecule has 156 valence electrons. The molecule has 0 saturated heterocycles. The number of rotatable bonds is 8. The van der Waals surface area contributed by atoms with Gasteiger partial charge in [0.05, 0.1) is 24.4 Å². The lowest BCUT2D eigenvalue weighted by Gasteiger charge is -2.22. The first-order chi connectivity index (χ1) is 14.4. The minimum Gasteiger partial charge on any atom is -0.505 e. The lowest BCUT2D eigenvalue weighted by Crippen LogP contribution is -2.37. The average molecular weight is 409 g/mol. The van der Waals surface area contributed by atoms with E-state index in [1.165, 1.54) is 19.2 Å². The second-order valence-electron chi connectivity index (χ2n) is 6.70. The number of benzene rings is 2. The maximum atomic E-state index is 12.2. The van der Waals surface area contributed by atoms with Gasteiger partial charge in [-0.15, -0.1) is 0 Å². The molecule has 0 saturated carbocycles. The summed E-state index contributed by atoms with van der Waals surface area (Å²) in [6.07, 6.45) is 0.656. The summed E-state index contributed by atoms with van der Waals surface area (Å²) >= 11 is 0. The third-order valence-electron chi connectivity index (χ3n) is 4.90. The van der Waals surface area contributed by atoms with Crippen LogP contribution in [0.2, 0.25) is 0 Å². The zero-order chi connectivity index (χ0) is 21.8. The Labute approximate surface area is 173 Å². The van der Waals surface area contributed by atoms with Gasteiger partial charge < -0.3 is 25.8 Å². The normalized spacial score (nSPS) is 11.7. The van der Waals surface area contributed by atoms with Gasteiger partial charge in [-0.25, -0.2) is 0 Å². The number of aromatic hydroxyl groups is 1. The number of methoxy groups -OCH3 is 1. The number of carbonyl (C=O) groups excluding carboxylic acids is 1. The van der Waals surface area contributed by atoms with E-state index in [-0.39, 0.29) is 34.4 Å². The first-order valence-corrected chi connectivity index (χ1v) is 9.46. The van der Waals surface area contributed by atoms with E-state index in [0.29, 0.717) is 12.2 Å². The maximum absolute atomic E-state index is 12.2. The minimum atomic E-state index is -0.692. The van der Waals surface area contributed by atoms with Crippen LogP contribution < -0.4 is 31.5 Å². The van der Waals surface area contributed by atoms with Gasteiger partial charge >= 0.3 is 0 Å². The van der Waals surface area contributed by atoms with Gasteiger partial charge in [0.15, 0.2) is 5.75 Å². The zero-order valence-corrected chi connectivity index (χ0v) is 16.9. The van der Waals surface area contributed by atoms with E-state index in [1.54, 1.807) is 13.2 Å². The molecule has 0 fully saturated rings. The van der Waals surface area contributed by atoms with Crippen LogP contribution in [0.25, 0.3) is 0 Å². The molecular formula is C22H23N3O5. The molecule has 30 heavy (non-hydrogen) atoms. The molecule has 0 heterocycles. The monoisotopic (exact) mass is 409 g/mol. The van der Waals surface area contributed by atoms with E-state index in [9.17, 15) is 19.5 Å². The van der Waals surface area contributed by atoms with E-state index in [2.05, 4.69) is 16.0 Å². The fraction of sp³-hybridized carbons (Fsp3) is 0.227. The molecule has 0 aliphatic rings. The molecule has 4 N–H and O–H groups in total. The first-order valence-electron chi connectivity index (χ1n) is 9.46. The summed E-state index contributed by atoms with van der Waals surface area (Å²) in [7, 11) is 3.02. The Morgan fingerprint density at radius 3 is 2.47 bits per heavy atom. The summed E-state index contributed by atoms with van der Waals surface area (Å²) in [5, 5.41) is 18.7. The molecule has 0 aromatic heterocycles. The number of para-hydroxylation sites is 1. The third-order valence-corrected chi connectivity index (χ3v) is 4.90. The quantitative estimate of drug-likeness (QED) is 0.334. The summed E-state index contributed by atoms with van der Waals surface area (Å²) < 4.78 is 5.25. The Morgan fingerprint density at radius 1 is 1.10 bits per heavy atom. The fourth-order valence-corrected chi connectivity index (χ4v) is 3.20. The van der Waals surface area contributed by atoms with E-state index >= 15 is 0 Å². The number of phenols is 1. The van der Waals surface area contributed by atoms with Crippen molar-refractivity contribution in [2.45, 2.75) is 19.4 Å². The topological polar surface area (TPSA) is 117 Å². The fourth-order valence-electron chi connectivity index (χ4n) is 3.20. The molecule has 0 spiro atoms. The van der Waals surface area contributed by atoms with Crippen molar-refractivity contribution >= 4 is 23.0 Å². The number of anilines is 3. The van der Waals surface area contributed by atoms with Crippen molar-refractivity contribution in [3.8, 4) is 11.5 Å². The van der Waals surface area contributed by atoms with Crippen molar-refractivity contribution in [3.63, 3.8) is 0 Å². The molecule has 8 heteroatoms. The second-order valence-corrected chi connectivity index (χ2v) is 6.70. The maximum Gasteiger partial charge on any atom is 0.254 e. The lowest BCUT2D eigenvalue weighted by atomic mass is 10.0. The van der Waals surface area contributed by atoms with Crippen LogP contribution in [0.3, 0.4) is 0 Å². The van der Waals surface area contributed by atoms with Gasteiger partial charge in [-0.2, -0.15) is 0 Å². The largest absolute Gasteiger partial charge is 0.505 e. The van der Waals surface area contributed by atoms with E-state index in [0.717, 1.165) is 5.56 Å². The number of hydrogen-bond donors (Lipinski definition) is 4. The molecule has 8 nitrogen and oxygen atoms in total. The van der Waals surface area contributed by atoms with Gasteiger partial charge in [-0.3, -0.25) is 14.4 Å². The molecule has 3 aromatic rings. The number of ether oxygens (including phenoxy) is 1. The van der Waals surface area contributed by atoms with Crippen molar-refractivity contribution in [2.24, 2.45) is 0 Å². The van der Waals surface area contributed by atoms with E-state index < -0.39 is 16.8 Å². The average Bonchev–Trinajstić information content (AvgIpc) is 2.78. The van der Waals surface area contributed by atoms with Crippen LogP contribution in [0.4, 0.5) is 17.1 Å². The van der Waals surface area contributed by atoms with Crippen LogP contribution in [-0.2, 0) is 0 Å². The zero-order valence-electron chi connectivity index (χ0n) is 16.9. The van der Waals surface area contributed by atoms with Crippen LogP contribution in [-0.4, -0.2) is 25.2 Å². The number of amides is 1. The molecule has 1 atom stereocenters. The summed E-state index contributed by atoms with van der Waals surface area (Å²) in [5.74, 6) is -0.0914. The predicted molar refractivity (Wildman–Crippen MR) is 116 cm³/mol. The molecule has 0 aliphatic heterocycles. The van der Waals surface area contributed by atoms with Gasteiger partial charge in [0.25, 0.3) is 16.8 Å². The summed E-state index contributed by atoms with van der Waals surface area (Å²) in [5.41, 5.74) is -0.0341.